The molecule has 1 aliphatic carbocycles. The number of sulfonamides is 1. The van der Waals surface area contributed by atoms with Crippen LogP contribution < -0.4 is 5.32 Å². The molecule has 0 bridgehead atoms. The highest BCUT2D eigenvalue weighted by Crippen LogP contribution is 2.27. The molecule has 5 heteroatoms. The molecule has 118 valence electrons. The van der Waals surface area contributed by atoms with E-state index < -0.39 is 10.0 Å². The minimum atomic E-state index is -3.21. The van der Waals surface area contributed by atoms with Crippen LogP contribution in [0.2, 0.25) is 0 Å². The Hall–Kier alpha value is -0.910. The number of nitrogens with zero attached hydrogens (tertiary/aromatic N) is 1. The van der Waals surface area contributed by atoms with E-state index in [1.807, 2.05) is 24.3 Å². The molecular weight excluding hydrogens is 284 g/mol. The lowest BCUT2D eigenvalue weighted by molar-refractivity contribution is 0.263. The van der Waals surface area contributed by atoms with Gasteiger partial charge in [-0.1, -0.05) is 37.6 Å². The second-order valence-corrected chi connectivity index (χ2v) is 8.01. The van der Waals surface area contributed by atoms with Gasteiger partial charge in [0.25, 0.3) is 0 Å². The summed E-state index contributed by atoms with van der Waals surface area (Å²) in [7, 11) is -1.50. The van der Waals surface area contributed by atoms with Crippen LogP contribution in [0.4, 0.5) is 0 Å². The Labute approximate surface area is 128 Å². The first-order valence-corrected chi connectivity index (χ1v) is 9.34. The summed E-state index contributed by atoms with van der Waals surface area (Å²) in [6, 6.07) is 7.84. The van der Waals surface area contributed by atoms with Gasteiger partial charge in [0, 0.05) is 20.1 Å². The summed E-state index contributed by atoms with van der Waals surface area (Å²) in [5.74, 6) is 0.653. The molecule has 0 saturated heterocycles. The number of hydrogen-bond acceptors (Lipinski definition) is 3. The Kier molecular flexibility index (Phi) is 5.79. The summed E-state index contributed by atoms with van der Waals surface area (Å²) in [6.07, 6.45) is 3.57. The number of nitrogens with one attached hydrogen (secondary N) is 1. The van der Waals surface area contributed by atoms with Crippen molar-refractivity contribution >= 4 is 10.0 Å². The highest BCUT2D eigenvalue weighted by molar-refractivity contribution is 7.88. The Morgan fingerprint density at radius 3 is 2.62 bits per heavy atom. The Bertz CT molecular complexity index is 553. The van der Waals surface area contributed by atoms with E-state index in [9.17, 15) is 8.42 Å². The van der Waals surface area contributed by atoms with Crippen molar-refractivity contribution in [2.75, 3.05) is 20.1 Å². The molecular formula is C16H26N2O2S. The molecule has 0 radical (unpaired) electrons. The van der Waals surface area contributed by atoms with E-state index in [0.29, 0.717) is 12.5 Å². The lowest BCUT2D eigenvalue weighted by atomic mass is 9.86. The van der Waals surface area contributed by atoms with Crippen LogP contribution in [0.15, 0.2) is 24.3 Å². The highest BCUT2D eigenvalue weighted by atomic mass is 32.2. The number of hydrogen-bond donors (Lipinski definition) is 1. The summed E-state index contributed by atoms with van der Waals surface area (Å²) in [4.78, 5) is 0. The van der Waals surface area contributed by atoms with Gasteiger partial charge in [-0.3, -0.25) is 0 Å². The fourth-order valence-corrected chi connectivity index (χ4v) is 3.83. The number of benzene rings is 1. The highest BCUT2D eigenvalue weighted by Gasteiger charge is 2.25. The summed E-state index contributed by atoms with van der Waals surface area (Å²) in [6.45, 7) is 4.41. The van der Waals surface area contributed by atoms with Crippen molar-refractivity contribution in [3.05, 3.63) is 35.4 Å². The fraction of sp³-hybridized carbons (Fsp3) is 0.625. The quantitative estimate of drug-likeness (QED) is 0.802. The average molecular weight is 310 g/mol. The smallest absolute Gasteiger partial charge is 0.218 e. The van der Waals surface area contributed by atoms with Gasteiger partial charge >= 0.3 is 0 Å². The molecule has 1 N–H and O–H groups in total. The first-order valence-electron chi connectivity index (χ1n) is 7.74. The Morgan fingerprint density at radius 2 is 2.00 bits per heavy atom. The average Bonchev–Trinajstić information content (AvgIpc) is 2.40. The van der Waals surface area contributed by atoms with Gasteiger partial charge in [-0.05, 0) is 36.4 Å². The Morgan fingerprint density at radius 1 is 1.29 bits per heavy atom. The van der Waals surface area contributed by atoms with E-state index in [2.05, 4.69) is 12.2 Å². The van der Waals surface area contributed by atoms with E-state index in [1.54, 1.807) is 7.05 Å². The van der Waals surface area contributed by atoms with Crippen molar-refractivity contribution < 1.29 is 8.42 Å². The third-order valence-electron chi connectivity index (χ3n) is 4.13. The Balaban J connectivity index is 1.98. The van der Waals surface area contributed by atoms with Crippen molar-refractivity contribution in [3.8, 4) is 0 Å². The van der Waals surface area contributed by atoms with Gasteiger partial charge in [-0.25, -0.2) is 12.7 Å². The molecule has 0 unspecified atom stereocenters. The van der Waals surface area contributed by atoms with Crippen molar-refractivity contribution in [1.29, 1.82) is 0 Å². The van der Waals surface area contributed by atoms with Crippen LogP contribution in [0, 0.1) is 5.92 Å². The zero-order valence-corrected chi connectivity index (χ0v) is 13.8. The molecule has 1 aromatic carbocycles. The summed E-state index contributed by atoms with van der Waals surface area (Å²) >= 11 is 0. The molecule has 0 spiro atoms. The van der Waals surface area contributed by atoms with Gasteiger partial charge in [0.1, 0.15) is 0 Å². The lowest BCUT2D eigenvalue weighted by Crippen LogP contribution is -2.35. The second-order valence-electron chi connectivity index (χ2n) is 5.93. The van der Waals surface area contributed by atoms with Gasteiger partial charge in [0.05, 0.1) is 5.75 Å². The van der Waals surface area contributed by atoms with E-state index in [4.69, 9.17) is 0 Å². The third kappa shape index (κ3) is 4.80. The van der Waals surface area contributed by atoms with Crippen LogP contribution in [0.3, 0.4) is 0 Å². The van der Waals surface area contributed by atoms with Crippen LogP contribution in [-0.2, 0) is 22.3 Å². The predicted octanol–water partition coefficient (Wildman–Crippen LogP) is 2.36. The number of rotatable bonds is 8. The summed E-state index contributed by atoms with van der Waals surface area (Å²) in [5.41, 5.74) is 2.00. The molecule has 0 amide bonds. The third-order valence-corrected chi connectivity index (χ3v) is 5.93. The monoisotopic (exact) mass is 310 g/mol. The predicted molar refractivity (Wildman–Crippen MR) is 86.4 cm³/mol. The fourth-order valence-electron chi connectivity index (χ4n) is 2.57. The van der Waals surface area contributed by atoms with Crippen molar-refractivity contribution in [2.24, 2.45) is 5.92 Å². The maximum Gasteiger partial charge on any atom is 0.218 e. The lowest BCUT2D eigenvalue weighted by Gasteiger charge is -2.29. The minimum absolute atomic E-state index is 0.0934. The first kappa shape index (κ1) is 16.5. The van der Waals surface area contributed by atoms with Gasteiger partial charge in [0.2, 0.25) is 10.0 Å². The van der Waals surface area contributed by atoms with Crippen LogP contribution in [0.5, 0.6) is 0 Å². The van der Waals surface area contributed by atoms with E-state index >= 15 is 0 Å². The SMILES string of the molecule is CCNCc1cccc(CS(=O)(=O)N(C)CC2CCC2)c1. The topological polar surface area (TPSA) is 49.4 Å². The van der Waals surface area contributed by atoms with Crippen molar-refractivity contribution in [3.63, 3.8) is 0 Å². The van der Waals surface area contributed by atoms with Crippen molar-refractivity contribution in [2.45, 2.75) is 38.5 Å². The van der Waals surface area contributed by atoms with Gasteiger partial charge in [0.15, 0.2) is 0 Å². The van der Waals surface area contributed by atoms with Crippen LogP contribution in [0.25, 0.3) is 0 Å². The first-order chi connectivity index (χ1) is 10.0. The van der Waals surface area contributed by atoms with Gasteiger partial charge in [-0.2, -0.15) is 0 Å². The van der Waals surface area contributed by atoms with Crippen LogP contribution >= 0.6 is 0 Å². The standard InChI is InChI=1S/C16H26N2O2S/c1-3-17-11-15-8-5-9-16(10-15)13-21(19,20)18(2)12-14-6-4-7-14/h5,8-10,14,17H,3-4,6-7,11-13H2,1-2H3. The molecule has 1 aromatic rings. The zero-order valence-electron chi connectivity index (χ0n) is 13.0. The van der Waals surface area contributed by atoms with E-state index in [0.717, 1.165) is 37.1 Å². The molecule has 2 rings (SSSR count). The normalized spacial score (nSPS) is 16.1. The van der Waals surface area contributed by atoms with Crippen LogP contribution in [-0.4, -0.2) is 32.9 Å². The molecule has 0 atom stereocenters. The van der Waals surface area contributed by atoms with Crippen LogP contribution in [0.1, 0.15) is 37.3 Å². The molecule has 4 nitrogen and oxygen atoms in total. The molecule has 1 aliphatic rings. The molecule has 0 aliphatic heterocycles. The largest absolute Gasteiger partial charge is 0.313 e. The second kappa shape index (κ2) is 7.38. The summed E-state index contributed by atoms with van der Waals surface area (Å²) < 4.78 is 26.4. The maximum atomic E-state index is 12.4. The van der Waals surface area contributed by atoms with E-state index in [1.165, 1.54) is 10.7 Å². The minimum Gasteiger partial charge on any atom is -0.313 e. The molecule has 0 heterocycles. The van der Waals surface area contributed by atoms with Gasteiger partial charge < -0.3 is 5.32 Å². The summed E-state index contributed by atoms with van der Waals surface area (Å²) in [5, 5.41) is 3.26. The van der Waals surface area contributed by atoms with E-state index in [-0.39, 0.29) is 5.75 Å². The van der Waals surface area contributed by atoms with Gasteiger partial charge in [-0.15, -0.1) is 0 Å². The molecule has 1 fully saturated rings. The molecule has 21 heavy (non-hydrogen) atoms. The molecule has 0 aromatic heterocycles. The maximum absolute atomic E-state index is 12.4. The van der Waals surface area contributed by atoms with Crippen molar-refractivity contribution in [1.82, 2.24) is 9.62 Å². The molecule has 1 saturated carbocycles. The zero-order chi connectivity index (χ0) is 15.3.